The van der Waals surface area contributed by atoms with E-state index in [2.05, 4.69) is 20.8 Å². The Labute approximate surface area is 175 Å². The zero-order chi connectivity index (χ0) is 17.7. The van der Waals surface area contributed by atoms with Crippen LogP contribution in [0.3, 0.4) is 0 Å². The molecule has 0 atom stereocenters. The van der Waals surface area contributed by atoms with E-state index in [-0.39, 0.29) is 24.0 Å². The minimum absolute atomic E-state index is 0. The third kappa shape index (κ3) is 5.79. The van der Waals surface area contributed by atoms with Crippen molar-refractivity contribution >= 4 is 53.1 Å². The summed E-state index contributed by atoms with van der Waals surface area (Å²) in [4.78, 5) is 4.22. The Balaban J connectivity index is 0.00000312. The van der Waals surface area contributed by atoms with Gasteiger partial charge in [-0.25, -0.2) is 0 Å². The van der Waals surface area contributed by atoms with Crippen LogP contribution in [-0.4, -0.2) is 29.3 Å². The molecule has 0 unspecified atom stereocenters. The van der Waals surface area contributed by atoms with Gasteiger partial charge in [-0.05, 0) is 32.8 Å². The number of hydrogen-bond donors (Lipinski definition) is 2. The summed E-state index contributed by atoms with van der Waals surface area (Å²) in [5.41, 5.74) is 3.14. The van der Waals surface area contributed by atoms with Crippen molar-refractivity contribution in [3.05, 3.63) is 39.0 Å². The van der Waals surface area contributed by atoms with Crippen LogP contribution in [0.4, 0.5) is 0 Å². The van der Waals surface area contributed by atoms with E-state index in [0.717, 1.165) is 42.5 Å². The predicted molar refractivity (Wildman–Crippen MR) is 113 cm³/mol. The largest absolute Gasteiger partial charge is 0.361 e. The summed E-state index contributed by atoms with van der Waals surface area (Å²) in [6.07, 6.45) is 1.89. The minimum Gasteiger partial charge on any atom is -0.361 e. The SMILES string of the molecule is CN=C(NCCCc1c(C)noc1C)NCc1cc(Cl)c(Cl)n1C.I. The molecule has 2 heterocycles. The van der Waals surface area contributed by atoms with E-state index in [0.29, 0.717) is 16.7 Å². The Morgan fingerprint density at radius 3 is 2.56 bits per heavy atom. The molecule has 0 saturated heterocycles. The molecular formula is C16H24Cl2IN5O. The molecule has 25 heavy (non-hydrogen) atoms. The van der Waals surface area contributed by atoms with Crippen LogP contribution in [0.25, 0.3) is 0 Å². The second kappa shape index (κ2) is 10.3. The second-order valence-corrected chi connectivity index (χ2v) is 6.36. The van der Waals surface area contributed by atoms with Crippen molar-refractivity contribution in [2.24, 2.45) is 12.0 Å². The standard InChI is InChI=1S/C16H23Cl2N5O.HI/c1-10-13(11(2)24-22-10)6-5-7-20-16(19-3)21-9-12-8-14(17)15(18)23(12)4;/h8H,5-7,9H2,1-4H3,(H2,19,20,21);1H. The normalized spacial score (nSPS) is 11.4. The lowest BCUT2D eigenvalue weighted by atomic mass is 10.1. The lowest BCUT2D eigenvalue weighted by Gasteiger charge is -2.12. The van der Waals surface area contributed by atoms with E-state index in [1.54, 1.807) is 7.05 Å². The summed E-state index contributed by atoms with van der Waals surface area (Å²) < 4.78 is 7.02. The van der Waals surface area contributed by atoms with E-state index in [9.17, 15) is 0 Å². The molecule has 2 rings (SSSR count). The number of halogens is 3. The Morgan fingerprint density at radius 2 is 2.04 bits per heavy atom. The third-order valence-electron chi connectivity index (χ3n) is 3.95. The van der Waals surface area contributed by atoms with Gasteiger partial charge in [0.15, 0.2) is 5.96 Å². The quantitative estimate of drug-likeness (QED) is 0.274. The summed E-state index contributed by atoms with van der Waals surface area (Å²) in [6.45, 7) is 5.31. The lowest BCUT2D eigenvalue weighted by Crippen LogP contribution is -2.37. The van der Waals surface area contributed by atoms with Gasteiger partial charge in [-0.3, -0.25) is 4.99 Å². The maximum absolute atomic E-state index is 6.07. The Morgan fingerprint density at radius 1 is 1.32 bits per heavy atom. The van der Waals surface area contributed by atoms with Crippen LogP contribution in [0.2, 0.25) is 10.2 Å². The lowest BCUT2D eigenvalue weighted by molar-refractivity contribution is 0.392. The summed E-state index contributed by atoms with van der Waals surface area (Å²) in [5.74, 6) is 1.63. The molecule has 0 spiro atoms. The van der Waals surface area contributed by atoms with Gasteiger partial charge in [0, 0.05) is 31.9 Å². The Hall–Kier alpha value is -0.930. The molecule has 0 aliphatic heterocycles. The van der Waals surface area contributed by atoms with Crippen LogP contribution in [0.15, 0.2) is 15.6 Å². The molecule has 0 aromatic carbocycles. The van der Waals surface area contributed by atoms with Gasteiger partial charge in [0.1, 0.15) is 10.9 Å². The van der Waals surface area contributed by atoms with Crippen molar-refractivity contribution in [2.75, 3.05) is 13.6 Å². The van der Waals surface area contributed by atoms with Crippen molar-refractivity contribution in [3.63, 3.8) is 0 Å². The van der Waals surface area contributed by atoms with Gasteiger partial charge in [-0.2, -0.15) is 0 Å². The molecule has 0 aliphatic carbocycles. The number of nitrogens with zero attached hydrogens (tertiary/aromatic N) is 3. The maximum Gasteiger partial charge on any atom is 0.191 e. The van der Waals surface area contributed by atoms with E-state index >= 15 is 0 Å². The first-order valence-electron chi connectivity index (χ1n) is 7.80. The van der Waals surface area contributed by atoms with Gasteiger partial charge in [0.25, 0.3) is 0 Å². The zero-order valence-corrected chi connectivity index (χ0v) is 18.7. The fourth-order valence-electron chi connectivity index (χ4n) is 2.48. The van der Waals surface area contributed by atoms with E-state index in [4.69, 9.17) is 27.7 Å². The smallest absolute Gasteiger partial charge is 0.191 e. The van der Waals surface area contributed by atoms with Crippen molar-refractivity contribution in [1.29, 1.82) is 0 Å². The maximum atomic E-state index is 6.07. The first kappa shape index (κ1) is 22.1. The molecule has 0 bridgehead atoms. The van der Waals surface area contributed by atoms with Crippen molar-refractivity contribution in [3.8, 4) is 0 Å². The molecule has 2 aromatic rings. The second-order valence-electron chi connectivity index (χ2n) is 5.59. The van der Waals surface area contributed by atoms with Crippen molar-refractivity contribution < 1.29 is 4.52 Å². The van der Waals surface area contributed by atoms with Crippen molar-refractivity contribution in [2.45, 2.75) is 33.2 Å². The van der Waals surface area contributed by atoms with E-state index in [1.165, 1.54) is 5.56 Å². The van der Waals surface area contributed by atoms with Crippen LogP contribution in [0, 0.1) is 13.8 Å². The average molecular weight is 500 g/mol. The topological polar surface area (TPSA) is 67.4 Å². The fraction of sp³-hybridized carbons (Fsp3) is 0.500. The molecule has 0 saturated carbocycles. The Bertz CT molecular complexity index is 707. The number of hydrogen-bond acceptors (Lipinski definition) is 3. The average Bonchev–Trinajstić information content (AvgIpc) is 3.01. The first-order chi connectivity index (χ1) is 11.4. The molecule has 0 amide bonds. The van der Waals surface area contributed by atoms with Gasteiger partial charge in [0.2, 0.25) is 0 Å². The molecule has 0 aliphatic rings. The summed E-state index contributed by atoms with van der Waals surface area (Å²) >= 11 is 12.1. The summed E-state index contributed by atoms with van der Waals surface area (Å²) in [6, 6.07) is 1.85. The summed E-state index contributed by atoms with van der Waals surface area (Å²) in [5, 5.41) is 11.6. The molecule has 6 nitrogen and oxygen atoms in total. The molecule has 0 fully saturated rings. The predicted octanol–water partition coefficient (Wildman–Crippen LogP) is 3.85. The van der Waals surface area contributed by atoms with Crippen LogP contribution >= 0.6 is 47.2 Å². The number of nitrogens with one attached hydrogen (secondary N) is 2. The van der Waals surface area contributed by atoms with Gasteiger partial charge in [-0.15, -0.1) is 24.0 Å². The van der Waals surface area contributed by atoms with Gasteiger partial charge in [0.05, 0.1) is 17.3 Å². The fourth-order valence-corrected chi connectivity index (χ4v) is 2.90. The number of rotatable bonds is 6. The van der Waals surface area contributed by atoms with E-state index in [1.807, 2.05) is 31.5 Å². The number of aromatic nitrogens is 2. The molecule has 9 heteroatoms. The van der Waals surface area contributed by atoms with Crippen LogP contribution in [-0.2, 0) is 20.0 Å². The first-order valence-corrected chi connectivity index (χ1v) is 8.55. The number of guanidine groups is 1. The monoisotopic (exact) mass is 499 g/mol. The highest BCUT2D eigenvalue weighted by molar-refractivity contribution is 14.0. The third-order valence-corrected chi connectivity index (χ3v) is 4.80. The molecule has 2 aromatic heterocycles. The van der Waals surface area contributed by atoms with E-state index < -0.39 is 0 Å². The zero-order valence-electron chi connectivity index (χ0n) is 14.8. The number of aliphatic imine (C=N–C) groups is 1. The Kier molecular flexibility index (Phi) is 9.09. The van der Waals surface area contributed by atoms with Gasteiger partial charge in [-0.1, -0.05) is 28.4 Å². The highest BCUT2D eigenvalue weighted by Crippen LogP contribution is 2.24. The number of aryl methyl sites for hydroxylation is 2. The molecule has 2 N–H and O–H groups in total. The van der Waals surface area contributed by atoms with Crippen molar-refractivity contribution in [1.82, 2.24) is 20.4 Å². The molecule has 140 valence electrons. The van der Waals surface area contributed by atoms with Crippen LogP contribution in [0.5, 0.6) is 0 Å². The molecule has 0 radical (unpaired) electrons. The minimum atomic E-state index is 0. The van der Waals surface area contributed by atoms with Crippen LogP contribution < -0.4 is 10.6 Å². The van der Waals surface area contributed by atoms with Crippen LogP contribution in [0.1, 0.15) is 29.1 Å². The summed E-state index contributed by atoms with van der Waals surface area (Å²) in [7, 11) is 3.62. The van der Waals surface area contributed by atoms with Gasteiger partial charge < -0.3 is 19.7 Å². The highest BCUT2D eigenvalue weighted by Gasteiger charge is 2.10. The van der Waals surface area contributed by atoms with Gasteiger partial charge >= 0.3 is 0 Å². The molecular weight excluding hydrogens is 476 g/mol. The highest BCUT2D eigenvalue weighted by atomic mass is 127.